The maximum Gasteiger partial charge on any atom is 0.239 e. The molecular weight excluding hydrogens is 278 g/mol. The van der Waals surface area contributed by atoms with E-state index < -0.39 is 0 Å². The van der Waals surface area contributed by atoms with E-state index in [2.05, 4.69) is 20.8 Å². The van der Waals surface area contributed by atoms with E-state index in [-0.39, 0.29) is 17.4 Å². The topological polar surface area (TPSA) is 102 Å². The summed E-state index contributed by atoms with van der Waals surface area (Å²) >= 11 is 5.02. The predicted octanol–water partition coefficient (Wildman–Crippen LogP) is -0.0979. The van der Waals surface area contributed by atoms with Gasteiger partial charge in [-0.15, -0.1) is 5.10 Å². The molecule has 20 heavy (non-hydrogen) atoms. The number of aryl methyl sites for hydroxylation is 1. The molecule has 7 nitrogen and oxygen atoms in total. The molecule has 1 heterocycles. The number of anilines is 1. The summed E-state index contributed by atoms with van der Waals surface area (Å²) in [7, 11) is 1.57. The van der Waals surface area contributed by atoms with E-state index in [9.17, 15) is 4.79 Å². The van der Waals surface area contributed by atoms with Gasteiger partial charge in [0, 0.05) is 13.7 Å². The minimum atomic E-state index is -0.170. The zero-order valence-electron chi connectivity index (χ0n) is 11.8. The van der Waals surface area contributed by atoms with Crippen LogP contribution in [0.1, 0.15) is 16.8 Å². The summed E-state index contributed by atoms with van der Waals surface area (Å²) < 4.78 is 4.84. The van der Waals surface area contributed by atoms with Gasteiger partial charge in [0.05, 0.1) is 24.4 Å². The molecule has 1 aromatic heterocycles. The van der Waals surface area contributed by atoms with Crippen molar-refractivity contribution in [1.29, 1.82) is 0 Å². The number of hydrogen-bond acceptors (Lipinski definition) is 6. The van der Waals surface area contributed by atoms with Crippen molar-refractivity contribution < 1.29 is 9.53 Å². The lowest BCUT2D eigenvalue weighted by Gasteiger charge is -2.13. The largest absolute Gasteiger partial charge is 0.389 e. The number of carbonyl (C=O) groups excluding carboxylic acids is 1. The Hall–Kier alpha value is -1.80. The van der Waals surface area contributed by atoms with Crippen LogP contribution >= 0.6 is 12.2 Å². The number of methoxy groups -OCH3 is 1. The fourth-order valence-electron chi connectivity index (χ4n) is 1.55. The summed E-state index contributed by atoms with van der Waals surface area (Å²) in [5, 5.41) is 13.6. The summed E-state index contributed by atoms with van der Waals surface area (Å²) in [4.78, 5) is 11.8. The van der Waals surface area contributed by atoms with Crippen LogP contribution in [0, 0.1) is 13.8 Å². The van der Waals surface area contributed by atoms with Crippen LogP contribution in [-0.4, -0.2) is 47.9 Å². The van der Waals surface area contributed by atoms with Gasteiger partial charge < -0.3 is 21.1 Å². The highest BCUT2D eigenvalue weighted by Crippen LogP contribution is 2.17. The summed E-state index contributed by atoms with van der Waals surface area (Å²) in [5.41, 5.74) is 7.93. The molecule has 1 aromatic rings. The highest BCUT2D eigenvalue weighted by Gasteiger charge is 2.14. The van der Waals surface area contributed by atoms with Gasteiger partial charge in [-0.25, -0.2) is 0 Å². The number of carbonyl (C=O) groups is 1. The Balaban J connectivity index is 2.71. The summed E-state index contributed by atoms with van der Waals surface area (Å²) in [6.07, 6.45) is 0. The zero-order chi connectivity index (χ0) is 15.1. The lowest BCUT2D eigenvalue weighted by atomic mass is 10.1. The molecule has 0 bridgehead atoms. The Morgan fingerprint density at radius 3 is 2.70 bits per heavy atom. The first kappa shape index (κ1) is 16.3. The van der Waals surface area contributed by atoms with Gasteiger partial charge in [0.2, 0.25) is 5.91 Å². The van der Waals surface area contributed by atoms with Crippen LogP contribution in [0.5, 0.6) is 0 Å². The molecule has 0 spiro atoms. The third-order valence-electron chi connectivity index (χ3n) is 2.75. The van der Waals surface area contributed by atoms with Gasteiger partial charge in [-0.2, -0.15) is 5.10 Å². The lowest BCUT2D eigenvalue weighted by Crippen LogP contribution is -2.33. The Labute approximate surface area is 123 Å². The maximum atomic E-state index is 11.6. The number of aromatic nitrogens is 2. The van der Waals surface area contributed by atoms with E-state index >= 15 is 0 Å². The normalized spacial score (nSPS) is 10.2. The second kappa shape index (κ2) is 7.71. The molecule has 0 aromatic carbocycles. The van der Waals surface area contributed by atoms with Crippen molar-refractivity contribution in [2.45, 2.75) is 13.8 Å². The molecular formula is C12H19N5O2S. The molecule has 0 aliphatic heterocycles. The van der Waals surface area contributed by atoms with Crippen LogP contribution in [0.3, 0.4) is 0 Å². The summed E-state index contributed by atoms with van der Waals surface area (Å²) in [6, 6.07) is 0. The standard InChI is InChI=1S/C12H19N5O2S/c1-7-8(2)16-17-12(10(7)11(13)20)15-6-9(18)14-4-5-19-3/h4-6H2,1-3H3,(H2,13,20)(H,14,18)(H,15,17). The fourth-order valence-corrected chi connectivity index (χ4v) is 1.80. The van der Waals surface area contributed by atoms with Gasteiger partial charge in [0.1, 0.15) is 4.99 Å². The van der Waals surface area contributed by atoms with Gasteiger partial charge in [0.25, 0.3) is 0 Å². The quantitative estimate of drug-likeness (QED) is 0.477. The molecule has 0 aliphatic carbocycles. The van der Waals surface area contributed by atoms with Crippen LogP contribution in [-0.2, 0) is 9.53 Å². The first-order chi connectivity index (χ1) is 9.47. The van der Waals surface area contributed by atoms with Crippen LogP contribution in [0.2, 0.25) is 0 Å². The number of nitrogens with two attached hydrogens (primary N) is 1. The fraction of sp³-hybridized carbons (Fsp3) is 0.500. The number of amides is 1. The first-order valence-corrected chi connectivity index (χ1v) is 6.51. The van der Waals surface area contributed by atoms with E-state index in [4.69, 9.17) is 22.7 Å². The van der Waals surface area contributed by atoms with Crippen molar-refractivity contribution in [1.82, 2.24) is 15.5 Å². The van der Waals surface area contributed by atoms with Gasteiger partial charge in [-0.1, -0.05) is 12.2 Å². The highest BCUT2D eigenvalue weighted by atomic mass is 32.1. The Morgan fingerprint density at radius 2 is 2.10 bits per heavy atom. The van der Waals surface area contributed by atoms with Gasteiger partial charge >= 0.3 is 0 Å². The van der Waals surface area contributed by atoms with Crippen molar-refractivity contribution in [3.05, 3.63) is 16.8 Å². The number of hydrogen-bond donors (Lipinski definition) is 3. The molecule has 0 radical (unpaired) electrons. The smallest absolute Gasteiger partial charge is 0.239 e. The lowest BCUT2D eigenvalue weighted by molar-refractivity contribution is -0.119. The molecule has 8 heteroatoms. The van der Waals surface area contributed by atoms with E-state index in [1.165, 1.54) is 0 Å². The van der Waals surface area contributed by atoms with Gasteiger partial charge in [-0.05, 0) is 19.4 Å². The predicted molar refractivity (Wildman–Crippen MR) is 80.8 cm³/mol. The zero-order valence-corrected chi connectivity index (χ0v) is 12.6. The molecule has 1 amide bonds. The summed E-state index contributed by atoms with van der Waals surface area (Å²) in [6.45, 7) is 4.68. The van der Waals surface area contributed by atoms with Crippen LogP contribution < -0.4 is 16.4 Å². The monoisotopic (exact) mass is 297 g/mol. The summed E-state index contributed by atoms with van der Waals surface area (Å²) in [5.74, 6) is 0.249. The molecule has 0 aliphatic rings. The molecule has 110 valence electrons. The Bertz CT molecular complexity index is 507. The van der Waals surface area contributed by atoms with Crippen molar-refractivity contribution in [2.75, 3.05) is 32.1 Å². The molecule has 0 unspecified atom stereocenters. The van der Waals surface area contributed by atoms with E-state index in [1.54, 1.807) is 7.11 Å². The second-order valence-electron chi connectivity index (χ2n) is 4.19. The van der Waals surface area contributed by atoms with E-state index in [0.29, 0.717) is 24.5 Å². The van der Waals surface area contributed by atoms with E-state index in [1.807, 2.05) is 13.8 Å². The number of rotatable bonds is 7. The number of thiocarbonyl (C=S) groups is 1. The third kappa shape index (κ3) is 4.39. The molecule has 4 N–H and O–H groups in total. The van der Waals surface area contributed by atoms with Crippen LogP contribution in [0.15, 0.2) is 0 Å². The average molecular weight is 297 g/mol. The highest BCUT2D eigenvalue weighted by molar-refractivity contribution is 7.80. The van der Waals surface area contributed by atoms with Crippen molar-refractivity contribution in [2.24, 2.45) is 5.73 Å². The first-order valence-electron chi connectivity index (χ1n) is 6.10. The third-order valence-corrected chi connectivity index (χ3v) is 2.95. The van der Waals surface area contributed by atoms with Crippen molar-refractivity contribution in [3.63, 3.8) is 0 Å². The molecule has 1 rings (SSSR count). The minimum absolute atomic E-state index is 0.0660. The van der Waals surface area contributed by atoms with Crippen LogP contribution in [0.4, 0.5) is 5.82 Å². The molecule has 0 fully saturated rings. The van der Waals surface area contributed by atoms with Crippen LogP contribution in [0.25, 0.3) is 0 Å². The Morgan fingerprint density at radius 1 is 1.40 bits per heavy atom. The van der Waals surface area contributed by atoms with Crippen molar-refractivity contribution in [3.8, 4) is 0 Å². The minimum Gasteiger partial charge on any atom is -0.389 e. The number of ether oxygens (including phenoxy) is 1. The molecule has 0 saturated heterocycles. The van der Waals surface area contributed by atoms with E-state index in [0.717, 1.165) is 11.3 Å². The van der Waals surface area contributed by atoms with Gasteiger partial charge in [0.15, 0.2) is 5.82 Å². The average Bonchev–Trinajstić information content (AvgIpc) is 2.40. The Kier molecular flexibility index (Phi) is 6.26. The van der Waals surface area contributed by atoms with Gasteiger partial charge in [-0.3, -0.25) is 4.79 Å². The number of nitrogens with one attached hydrogen (secondary N) is 2. The number of nitrogens with zero attached hydrogens (tertiary/aromatic N) is 2. The second-order valence-corrected chi connectivity index (χ2v) is 4.63. The SMILES string of the molecule is COCCNC(=O)CNc1nnc(C)c(C)c1C(N)=S. The molecule has 0 atom stereocenters. The maximum absolute atomic E-state index is 11.6. The molecule has 0 saturated carbocycles. The van der Waals surface area contributed by atoms with Crippen molar-refractivity contribution >= 4 is 28.9 Å².